The molecule has 0 amide bonds. The normalized spacial score (nSPS) is 21.9. The number of fused-ring (bicyclic) bond motifs is 3. The van der Waals surface area contributed by atoms with Gasteiger partial charge in [-0.3, -0.25) is 0 Å². The Morgan fingerprint density at radius 3 is 2.57 bits per heavy atom. The van der Waals surface area contributed by atoms with Crippen molar-refractivity contribution >= 4 is 0 Å². The van der Waals surface area contributed by atoms with Crippen LogP contribution >= 0.6 is 0 Å². The van der Waals surface area contributed by atoms with Gasteiger partial charge in [0.25, 0.3) is 0 Å². The molecule has 1 saturated carbocycles. The number of aromatic nitrogens is 1. The minimum Gasteiger partial charge on any atom is -0.473 e. The van der Waals surface area contributed by atoms with Crippen molar-refractivity contribution in [2.75, 3.05) is 0 Å². The summed E-state index contributed by atoms with van der Waals surface area (Å²) in [4.78, 5) is 4.59. The Morgan fingerprint density at radius 1 is 1.04 bits per heavy atom. The average molecular weight is 370 g/mol. The molecule has 2 nitrogen and oxygen atoms in total. The summed E-state index contributed by atoms with van der Waals surface area (Å²) in [6.07, 6.45) is 3.25. The van der Waals surface area contributed by atoms with Crippen LogP contribution < -0.4 is 4.74 Å². The number of rotatable bonds is 4. The Hall–Kier alpha value is -2.61. The zero-order chi connectivity index (χ0) is 19.4. The van der Waals surface area contributed by atoms with E-state index in [-0.39, 0.29) is 0 Å². The summed E-state index contributed by atoms with van der Waals surface area (Å²) in [5, 5.41) is 0. The lowest BCUT2D eigenvalue weighted by atomic mass is 9.91. The predicted molar refractivity (Wildman–Crippen MR) is 114 cm³/mol. The molecule has 0 spiro atoms. The second-order valence-corrected chi connectivity index (χ2v) is 8.62. The van der Waals surface area contributed by atoms with Crippen molar-refractivity contribution < 1.29 is 4.74 Å². The third-order valence-electron chi connectivity index (χ3n) is 6.95. The summed E-state index contributed by atoms with van der Waals surface area (Å²) >= 11 is 0. The largest absolute Gasteiger partial charge is 0.473 e. The van der Waals surface area contributed by atoms with E-state index in [9.17, 15) is 0 Å². The fraction of sp³-hybridized carbons (Fsp3) is 0.346. The van der Waals surface area contributed by atoms with Crippen LogP contribution in [-0.4, -0.2) is 4.98 Å². The smallest absolute Gasteiger partial charge is 0.213 e. The molecule has 0 aliphatic heterocycles. The highest BCUT2D eigenvalue weighted by Gasteiger charge is 2.52. The van der Waals surface area contributed by atoms with Gasteiger partial charge in [0.1, 0.15) is 6.61 Å². The molecule has 2 aromatic carbocycles. The maximum atomic E-state index is 6.12. The van der Waals surface area contributed by atoms with Crippen LogP contribution in [0.1, 0.15) is 46.2 Å². The van der Waals surface area contributed by atoms with Gasteiger partial charge in [-0.15, -0.1) is 0 Å². The van der Waals surface area contributed by atoms with E-state index in [2.05, 4.69) is 81.3 Å². The number of hydrogen-bond donors (Lipinski definition) is 0. The van der Waals surface area contributed by atoms with Gasteiger partial charge in [0, 0.05) is 12.3 Å². The van der Waals surface area contributed by atoms with E-state index in [0.29, 0.717) is 6.61 Å². The molecule has 0 saturated heterocycles. The Kier molecular flexibility index (Phi) is 4.04. The van der Waals surface area contributed by atoms with Crippen LogP contribution in [-0.2, 0) is 13.0 Å². The first-order valence-electron chi connectivity index (χ1n) is 10.3. The molecule has 28 heavy (non-hydrogen) atoms. The van der Waals surface area contributed by atoms with Crippen molar-refractivity contribution in [3.63, 3.8) is 0 Å². The van der Waals surface area contributed by atoms with Crippen LogP contribution in [0, 0.1) is 32.6 Å². The predicted octanol–water partition coefficient (Wildman–Crippen LogP) is 6.16. The van der Waals surface area contributed by atoms with Crippen LogP contribution in [0.25, 0.3) is 11.1 Å². The molecule has 1 fully saturated rings. The van der Waals surface area contributed by atoms with Gasteiger partial charge in [0.2, 0.25) is 5.88 Å². The number of nitrogens with zero attached hydrogens (tertiary/aromatic N) is 1. The minimum absolute atomic E-state index is 0.555. The van der Waals surface area contributed by atoms with Gasteiger partial charge in [-0.1, -0.05) is 43.3 Å². The zero-order valence-electron chi connectivity index (χ0n) is 17.1. The topological polar surface area (TPSA) is 22.1 Å². The molecule has 1 unspecified atom stereocenters. The maximum absolute atomic E-state index is 6.12. The van der Waals surface area contributed by atoms with Crippen LogP contribution in [0.15, 0.2) is 48.7 Å². The molecule has 2 aliphatic carbocycles. The quantitative estimate of drug-likeness (QED) is 0.549. The fourth-order valence-corrected chi connectivity index (χ4v) is 5.17. The molecule has 0 radical (unpaired) electrons. The molecule has 3 aromatic rings. The van der Waals surface area contributed by atoms with Crippen LogP contribution in [0.4, 0.5) is 0 Å². The van der Waals surface area contributed by atoms with E-state index in [1.807, 2.05) is 0 Å². The van der Waals surface area contributed by atoms with Gasteiger partial charge in [-0.2, -0.15) is 0 Å². The molecule has 142 valence electrons. The number of pyridine rings is 1. The van der Waals surface area contributed by atoms with Crippen molar-refractivity contribution in [2.45, 2.75) is 46.6 Å². The Bertz CT molecular complexity index is 1050. The first-order chi connectivity index (χ1) is 13.5. The molecule has 2 aliphatic rings. The van der Waals surface area contributed by atoms with E-state index in [1.165, 1.54) is 50.9 Å². The van der Waals surface area contributed by atoms with Crippen molar-refractivity contribution in [1.82, 2.24) is 4.98 Å². The zero-order valence-corrected chi connectivity index (χ0v) is 17.1. The van der Waals surface area contributed by atoms with Gasteiger partial charge in [0.15, 0.2) is 0 Å². The lowest BCUT2D eigenvalue weighted by molar-refractivity contribution is 0.292. The molecule has 0 bridgehead atoms. The number of ether oxygens (including phenoxy) is 1. The molecule has 1 heterocycles. The molecule has 2 heteroatoms. The highest BCUT2D eigenvalue weighted by Crippen LogP contribution is 2.61. The number of aryl methyl sites for hydroxylation is 2. The lowest BCUT2D eigenvalue weighted by Gasteiger charge is -2.16. The van der Waals surface area contributed by atoms with E-state index >= 15 is 0 Å². The molecule has 3 atom stereocenters. The standard InChI is InChI=1S/C26H27NO/c1-15-7-5-8-16(2)25(15)21-10-6-9-19(17(21)3)14-28-24-12-20-11-22-18(4)26(22)23(20)13-27-24/h5-10,12-13,18,22,26H,11,14H2,1-4H3/t18-,22-,26?/m0/s1. The van der Waals surface area contributed by atoms with Crippen molar-refractivity contribution in [3.8, 4) is 17.0 Å². The monoisotopic (exact) mass is 369 g/mol. The minimum atomic E-state index is 0.555. The number of hydrogen-bond acceptors (Lipinski definition) is 2. The van der Waals surface area contributed by atoms with Crippen molar-refractivity contribution in [3.05, 3.63) is 82.0 Å². The second kappa shape index (κ2) is 6.48. The van der Waals surface area contributed by atoms with Crippen LogP contribution in [0.5, 0.6) is 5.88 Å². The van der Waals surface area contributed by atoms with Crippen LogP contribution in [0.2, 0.25) is 0 Å². The highest BCUT2D eigenvalue weighted by molar-refractivity contribution is 5.74. The summed E-state index contributed by atoms with van der Waals surface area (Å²) in [5.41, 5.74) is 10.7. The Morgan fingerprint density at radius 2 is 1.79 bits per heavy atom. The van der Waals surface area contributed by atoms with E-state index in [4.69, 9.17) is 4.74 Å². The summed E-state index contributed by atoms with van der Waals surface area (Å²) in [7, 11) is 0. The highest BCUT2D eigenvalue weighted by atomic mass is 16.5. The Balaban J connectivity index is 1.38. The second-order valence-electron chi connectivity index (χ2n) is 8.62. The van der Waals surface area contributed by atoms with E-state index in [0.717, 1.165) is 23.6 Å². The summed E-state index contributed by atoms with van der Waals surface area (Å²) in [5.74, 6) is 3.21. The van der Waals surface area contributed by atoms with Gasteiger partial charge < -0.3 is 4.74 Å². The molecule has 1 aromatic heterocycles. The van der Waals surface area contributed by atoms with Gasteiger partial charge in [0.05, 0.1) is 0 Å². The third-order valence-corrected chi connectivity index (χ3v) is 6.95. The molecular weight excluding hydrogens is 342 g/mol. The average Bonchev–Trinajstić information content (AvgIpc) is 3.13. The molecular formula is C26H27NO. The van der Waals surface area contributed by atoms with Gasteiger partial charge in [-0.25, -0.2) is 4.98 Å². The van der Waals surface area contributed by atoms with E-state index < -0.39 is 0 Å². The van der Waals surface area contributed by atoms with E-state index in [1.54, 1.807) is 0 Å². The number of benzene rings is 2. The molecule has 5 rings (SSSR count). The van der Waals surface area contributed by atoms with Gasteiger partial charge in [-0.05, 0) is 89.5 Å². The lowest BCUT2D eigenvalue weighted by Crippen LogP contribution is -2.02. The SMILES string of the molecule is Cc1cccc(C)c1-c1cccc(COc2cc3c(cn2)C2[C@@H](C)[C@@H]2C3)c1C. The summed E-state index contributed by atoms with van der Waals surface area (Å²) < 4.78 is 6.12. The van der Waals surface area contributed by atoms with Crippen molar-refractivity contribution in [1.29, 1.82) is 0 Å². The third kappa shape index (κ3) is 2.74. The fourth-order valence-electron chi connectivity index (χ4n) is 5.17. The maximum Gasteiger partial charge on any atom is 0.213 e. The first kappa shape index (κ1) is 17.5. The van der Waals surface area contributed by atoms with Crippen LogP contribution in [0.3, 0.4) is 0 Å². The van der Waals surface area contributed by atoms with Gasteiger partial charge >= 0.3 is 0 Å². The Labute approximate surface area is 167 Å². The first-order valence-corrected chi connectivity index (χ1v) is 10.3. The van der Waals surface area contributed by atoms with Crippen molar-refractivity contribution in [2.24, 2.45) is 11.8 Å². The summed E-state index contributed by atoms with van der Waals surface area (Å²) in [6.45, 7) is 9.48. The summed E-state index contributed by atoms with van der Waals surface area (Å²) in [6, 6.07) is 15.2. The molecule has 0 N–H and O–H groups in total.